The van der Waals surface area contributed by atoms with Crippen molar-refractivity contribution in [3.05, 3.63) is 18.2 Å². The number of benzene rings is 1. The molecule has 5 heteroatoms. The molecule has 1 amide bonds. The Morgan fingerprint density at radius 3 is 2.96 bits per heavy atom. The van der Waals surface area contributed by atoms with Gasteiger partial charge < -0.3 is 20.7 Å². The Labute approximate surface area is 139 Å². The molecule has 23 heavy (non-hydrogen) atoms. The van der Waals surface area contributed by atoms with E-state index in [0.717, 1.165) is 18.7 Å². The van der Waals surface area contributed by atoms with Gasteiger partial charge in [-0.1, -0.05) is 12.8 Å². The van der Waals surface area contributed by atoms with Crippen LogP contribution in [0.1, 0.15) is 46.0 Å². The third kappa shape index (κ3) is 5.75. The highest BCUT2D eigenvalue weighted by atomic mass is 16.5. The molecule has 1 fully saturated rings. The van der Waals surface area contributed by atoms with Crippen LogP contribution in [0.25, 0.3) is 0 Å². The van der Waals surface area contributed by atoms with Crippen molar-refractivity contribution in [1.29, 1.82) is 0 Å². The lowest BCUT2D eigenvalue weighted by molar-refractivity contribution is -0.114. The maximum absolute atomic E-state index is 11.2. The highest BCUT2D eigenvalue weighted by Crippen LogP contribution is 2.28. The summed E-state index contributed by atoms with van der Waals surface area (Å²) in [6, 6.07) is 6.76. The Morgan fingerprint density at radius 1 is 1.39 bits per heavy atom. The van der Waals surface area contributed by atoms with Crippen molar-refractivity contribution >= 4 is 17.3 Å². The normalized spacial score (nSPS) is 19.5. The Balaban J connectivity index is 1.94. The zero-order valence-electron chi connectivity index (χ0n) is 14.4. The van der Waals surface area contributed by atoms with E-state index in [0.29, 0.717) is 23.5 Å². The second-order valence-electron chi connectivity index (χ2n) is 6.38. The fraction of sp³-hybridized carbons (Fsp3) is 0.611. The Bertz CT molecular complexity index is 511. The van der Waals surface area contributed by atoms with Gasteiger partial charge in [-0.05, 0) is 44.9 Å². The van der Waals surface area contributed by atoms with Gasteiger partial charge in [-0.15, -0.1) is 0 Å². The average molecular weight is 319 g/mol. The van der Waals surface area contributed by atoms with Crippen LogP contribution >= 0.6 is 0 Å². The van der Waals surface area contributed by atoms with E-state index in [9.17, 15) is 4.79 Å². The maximum atomic E-state index is 11.2. The van der Waals surface area contributed by atoms with Gasteiger partial charge in [-0.3, -0.25) is 4.79 Å². The van der Waals surface area contributed by atoms with E-state index in [1.54, 1.807) is 7.11 Å². The minimum Gasteiger partial charge on any atom is -0.494 e. The van der Waals surface area contributed by atoms with E-state index in [1.165, 1.54) is 32.6 Å². The van der Waals surface area contributed by atoms with Crippen LogP contribution in [0.15, 0.2) is 18.2 Å². The lowest BCUT2D eigenvalue weighted by Crippen LogP contribution is -2.33. The van der Waals surface area contributed by atoms with Gasteiger partial charge in [0.1, 0.15) is 5.75 Å². The Hall–Kier alpha value is -1.75. The van der Waals surface area contributed by atoms with Crippen molar-refractivity contribution in [3.63, 3.8) is 0 Å². The summed E-state index contributed by atoms with van der Waals surface area (Å²) in [6.45, 7) is 4.84. The molecule has 0 radical (unpaired) electrons. The predicted octanol–water partition coefficient (Wildman–Crippen LogP) is 3.38. The molecule has 0 aliphatic carbocycles. The minimum atomic E-state index is -0.100. The first-order chi connectivity index (χ1) is 11.1. The molecule has 0 aromatic heterocycles. The number of ether oxygens (including phenoxy) is 1. The van der Waals surface area contributed by atoms with Gasteiger partial charge in [0.15, 0.2) is 0 Å². The van der Waals surface area contributed by atoms with Crippen molar-refractivity contribution in [3.8, 4) is 5.75 Å². The lowest BCUT2D eigenvalue weighted by atomic mass is 10.0. The van der Waals surface area contributed by atoms with E-state index < -0.39 is 0 Å². The third-order valence-corrected chi connectivity index (χ3v) is 4.23. The standard InChI is InChI=1S/C18H29N3O2/c1-13(11-15-7-5-4-6-10-19-15)20-16-8-9-17(21-14(2)22)18(12-16)23-3/h8-9,12-13,15,19-20H,4-7,10-11H2,1-3H3,(H,21,22). The molecule has 1 aliphatic heterocycles. The summed E-state index contributed by atoms with van der Waals surface area (Å²) in [6.07, 6.45) is 6.32. The SMILES string of the molecule is COc1cc(NC(C)CC2CCCCCN2)ccc1NC(C)=O. The van der Waals surface area contributed by atoms with Crippen molar-refractivity contribution < 1.29 is 9.53 Å². The number of rotatable bonds is 6. The van der Waals surface area contributed by atoms with Crippen molar-refractivity contribution in [2.45, 2.75) is 58.0 Å². The summed E-state index contributed by atoms with van der Waals surface area (Å²) in [5.41, 5.74) is 1.71. The largest absolute Gasteiger partial charge is 0.494 e. The molecular weight excluding hydrogens is 290 g/mol. The number of carbonyl (C=O) groups excluding carboxylic acids is 1. The molecule has 128 valence electrons. The Morgan fingerprint density at radius 2 is 2.22 bits per heavy atom. The van der Waals surface area contributed by atoms with Crippen LogP contribution in [-0.4, -0.2) is 31.6 Å². The molecule has 3 N–H and O–H groups in total. The second kappa shape index (κ2) is 8.77. The zero-order chi connectivity index (χ0) is 16.7. The van der Waals surface area contributed by atoms with Crippen molar-refractivity contribution in [2.24, 2.45) is 0 Å². The lowest BCUT2D eigenvalue weighted by Gasteiger charge is -2.22. The molecule has 0 spiro atoms. The minimum absolute atomic E-state index is 0.100. The fourth-order valence-electron chi connectivity index (χ4n) is 3.15. The first-order valence-electron chi connectivity index (χ1n) is 8.54. The smallest absolute Gasteiger partial charge is 0.221 e. The molecule has 1 heterocycles. The fourth-order valence-corrected chi connectivity index (χ4v) is 3.15. The van der Waals surface area contributed by atoms with Gasteiger partial charge in [0.2, 0.25) is 5.91 Å². The van der Waals surface area contributed by atoms with Gasteiger partial charge in [0, 0.05) is 30.8 Å². The highest BCUT2D eigenvalue weighted by Gasteiger charge is 2.15. The molecule has 5 nitrogen and oxygen atoms in total. The molecule has 1 aromatic carbocycles. The average Bonchev–Trinajstić information content (AvgIpc) is 2.76. The number of anilines is 2. The highest BCUT2D eigenvalue weighted by molar-refractivity contribution is 5.90. The zero-order valence-corrected chi connectivity index (χ0v) is 14.4. The topological polar surface area (TPSA) is 62.4 Å². The summed E-state index contributed by atoms with van der Waals surface area (Å²) < 4.78 is 5.37. The van der Waals surface area contributed by atoms with Gasteiger partial charge in [-0.25, -0.2) is 0 Å². The summed E-state index contributed by atoms with van der Waals surface area (Å²) in [5.74, 6) is 0.571. The number of nitrogens with one attached hydrogen (secondary N) is 3. The van der Waals surface area contributed by atoms with Crippen LogP contribution in [0, 0.1) is 0 Å². The van der Waals surface area contributed by atoms with Gasteiger partial charge in [0.05, 0.1) is 12.8 Å². The van der Waals surface area contributed by atoms with Crippen molar-refractivity contribution in [1.82, 2.24) is 5.32 Å². The van der Waals surface area contributed by atoms with E-state index in [1.807, 2.05) is 18.2 Å². The number of methoxy groups -OCH3 is 1. The number of hydrogen-bond acceptors (Lipinski definition) is 4. The Kier molecular flexibility index (Phi) is 6.71. The summed E-state index contributed by atoms with van der Waals surface area (Å²) in [7, 11) is 1.61. The first-order valence-corrected chi connectivity index (χ1v) is 8.54. The quantitative estimate of drug-likeness (QED) is 0.752. The molecule has 1 aliphatic rings. The molecule has 0 bridgehead atoms. The summed E-state index contributed by atoms with van der Waals surface area (Å²) >= 11 is 0. The number of amides is 1. The van der Waals surface area contributed by atoms with Gasteiger partial charge in [-0.2, -0.15) is 0 Å². The van der Waals surface area contributed by atoms with Gasteiger partial charge >= 0.3 is 0 Å². The molecule has 1 saturated heterocycles. The molecule has 2 rings (SSSR count). The van der Waals surface area contributed by atoms with Crippen LogP contribution in [0.2, 0.25) is 0 Å². The van der Waals surface area contributed by atoms with E-state index in [-0.39, 0.29) is 5.91 Å². The molecule has 0 saturated carbocycles. The van der Waals surface area contributed by atoms with Crippen LogP contribution < -0.4 is 20.7 Å². The van der Waals surface area contributed by atoms with Crippen LogP contribution in [0.3, 0.4) is 0 Å². The van der Waals surface area contributed by atoms with Crippen molar-refractivity contribution in [2.75, 3.05) is 24.3 Å². The number of hydrogen-bond donors (Lipinski definition) is 3. The summed E-state index contributed by atoms with van der Waals surface area (Å²) in [4.78, 5) is 11.2. The van der Waals surface area contributed by atoms with Gasteiger partial charge in [0.25, 0.3) is 0 Å². The molecule has 2 atom stereocenters. The maximum Gasteiger partial charge on any atom is 0.221 e. The monoisotopic (exact) mass is 319 g/mol. The first kappa shape index (κ1) is 17.6. The molecular formula is C18H29N3O2. The van der Waals surface area contributed by atoms with E-state index in [4.69, 9.17) is 4.74 Å². The third-order valence-electron chi connectivity index (χ3n) is 4.23. The van der Waals surface area contributed by atoms with Crippen LogP contribution in [-0.2, 0) is 4.79 Å². The van der Waals surface area contributed by atoms with Crippen LogP contribution in [0.4, 0.5) is 11.4 Å². The summed E-state index contributed by atoms with van der Waals surface area (Å²) in [5, 5.41) is 9.95. The second-order valence-corrected chi connectivity index (χ2v) is 6.38. The van der Waals surface area contributed by atoms with E-state index in [2.05, 4.69) is 22.9 Å². The molecule has 2 unspecified atom stereocenters. The number of carbonyl (C=O) groups is 1. The van der Waals surface area contributed by atoms with E-state index >= 15 is 0 Å². The van der Waals surface area contributed by atoms with Crippen LogP contribution in [0.5, 0.6) is 5.75 Å². The predicted molar refractivity (Wildman–Crippen MR) is 95.3 cm³/mol. The molecule has 1 aromatic rings.